The van der Waals surface area contributed by atoms with Crippen molar-refractivity contribution in [3.8, 4) is 11.5 Å². The first kappa shape index (κ1) is 20.2. The third kappa shape index (κ3) is 4.91. The molecule has 2 aliphatic heterocycles. The SMILES string of the molecule is Cc1ccc(C(=O)NC(=NCC2CCCO2)Nc2ccc3c(c2)OCCO3)cc1C. The number of ether oxygens (including phenoxy) is 3. The minimum Gasteiger partial charge on any atom is -0.486 e. The van der Waals surface area contributed by atoms with Gasteiger partial charge in [-0.1, -0.05) is 6.07 Å². The fourth-order valence-corrected chi connectivity index (χ4v) is 3.41. The largest absolute Gasteiger partial charge is 0.486 e. The molecule has 2 aromatic carbocycles. The van der Waals surface area contributed by atoms with Crippen molar-refractivity contribution in [2.75, 3.05) is 31.7 Å². The van der Waals surface area contributed by atoms with Gasteiger partial charge in [0.1, 0.15) is 13.2 Å². The van der Waals surface area contributed by atoms with Crippen LogP contribution in [0.25, 0.3) is 0 Å². The number of aryl methyl sites for hydroxylation is 2. The number of benzene rings is 2. The predicted molar refractivity (Wildman–Crippen MR) is 116 cm³/mol. The Morgan fingerprint density at radius 3 is 2.63 bits per heavy atom. The van der Waals surface area contributed by atoms with Crippen molar-refractivity contribution in [3.05, 3.63) is 53.1 Å². The van der Waals surface area contributed by atoms with E-state index in [4.69, 9.17) is 14.2 Å². The van der Waals surface area contributed by atoms with Crippen LogP contribution in [0.2, 0.25) is 0 Å². The molecule has 0 spiro atoms. The van der Waals surface area contributed by atoms with Crippen molar-refractivity contribution in [1.29, 1.82) is 0 Å². The molecular weight excluding hydrogens is 382 g/mol. The smallest absolute Gasteiger partial charge is 0.257 e. The van der Waals surface area contributed by atoms with Gasteiger partial charge in [0.05, 0.1) is 12.6 Å². The van der Waals surface area contributed by atoms with E-state index in [9.17, 15) is 4.79 Å². The highest BCUT2D eigenvalue weighted by molar-refractivity contribution is 6.10. The van der Waals surface area contributed by atoms with Crippen molar-refractivity contribution in [3.63, 3.8) is 0 Å². The first-order chi connectivity index (χ1) is 14.6. The molecule has 1 atom stereocenters. The number of rotatable bonds is 4. The highest BCUT2D eigenvalue weighted by atomic mass is 16.6. The summed E-state index contributed by atoms with van der Waals surface area (Å²) in [5, 5.41) is 6.11. The van der Waals surface area contributed by atoms with E-state index >= 15 is 0 Å². The zero-order valence-corrected chi connectivity index (χ0v) is 17.4. The summed E-state index contributed by atoms with van der Waals surface area (Å²) in [7, 11) is 0. The Morgan fingerprint density at radius 1 is 1.03 bits per heavy atom. The molecule has 1 amide bonds. The molecule has 0 aromatic heterocycles. The van der Waals surface area contributed by atoms with Crippen molar-refractivity contribution >= 4 is 17.6 Å². The van der Waals surface area contributed by atoms with Crippen LogP contribution in [0, 0.1) is 13.8 Å². The third-order valence-corrected chi connectivity index (χ3v) is 5.28. The second kappa shape index (κ2) is 9.17. The minimum absolute atomic E-state index is 0.0839. The van der Waals surface area contributed by atoms with E-state index in [0.29, 0.717) is 42.8 Å². The predicted octanol–water partition coefficient (Wildman–Crippen LogP) is 3.45. The van der Waals surface area contributed by atoms with E-state index < -0.39 is 0 Å². The van der Waals surface area contributed by atoms with Gasteiger partial charge in [-0.2, -0.15) is 0 Å². The lowest BCUT2D eigenvalue weighted by Crippen LogP contribution is -2.36. The number of nitrogens with zero attached hydrogens (tertiary/aromatic N) is 1. The summed E-state index contributed by atoms with van der Waals surface area (Å²) < 4.78 is 16.9. The zero-order chi connectivity index (χ0) is 20.9. The molecule has 158 valence electrons. The summed E-state index contributed by atoms with van der Waals surface area (Å²) in [5.74, 6) is 1.55. The maximum atomic E-state index is 12.8. The number of aliphatic imine (C=N–C) groups is 1. The molecule has 0 saturated carbocycles. The molecule has 0 radical (unpaired) electrons. The second-order valence-corrected chi connectivity index (χ2v) is 7.56. The topological polar surface area (TPSA) is 81.2 Å². The zero-order valence-electron chi connectivity index (χ0n) is 17.4. The Morgan fingerprint density at radius 2 is 1.87 bits per heavy atom. The number of fused-ring (bicyclic) bond motifs is 1. The normalized spacial score (nSPS) is 18.2. The first-order valence-electron chi connectivity index (χ1n) is 10.3. The molecule has 1 saturated heterocycles. The third-order valence-electron chi connectivity index (χ3n) is 5.28. The highest BCUT2D eigenvalue weighted by Gasteiger charge is 2.17. The van der Waals surface area contributed by atoms with Gasteiger partial charge < -0.3 is 19.5 Å². The minimum atomic E-state index is -0.214. The number of carbonyl (C=O) groups excluding carboxylic acids is 1. The molecule has 0 aliphatic carbocycles. The van der Waals surface area contributed by atoms with E-state index in [1.807, 2.05) is 50.2 Å². The van der Waals surface area contributed by atoms with Crippen molar-refractivity contribution in [2.45, 2.75) is 32.8 Å². The van der Waals surface area contributed by atoms with E-state index in [1.54, 1.807) is 0 Å². The molecule has 7 nitrogen and oxygen atoms in total. The van der Waals surface area contributed by atoms with Gasteiger partial charge >= 0.3 is 0 Å². The van der Waals surface area contributed by atoms with Crippen LogP contribution in [-0.4, -0.2) is 44.3 Å². The summed E-state index contributed by atoms with van der Waals surface area (Å²) in [4.78, 5) is 17.4. The molecule has 2 aromatic rings. The molecule has 0 bridgehead atoms. The van der Waals surface area contributed by atoms with Crippen LogP contribution in [0.4, 0.5) is 5.69 Å². The monoisotopic (exact) mass is 409 g/mol. The maximum Gasteiger partial charge on any atom is 0.257 e. The number of hydrogen-bond donors (Lipinski definition) is 2. The number of anilines is 1. The quantitative estimate of drug-likeness (QED) is 0.597. The molecule has 1 fully saturated rings. The molecule has 2 heterocycles. The Bertz CT molecular complexity index is 951. The van der Waals surface area contributed by atoms with Crippen LogP contribution in [0.5, 0.6) is 11.5 Å². The number of guanidine groups is 1. The molecule has 4 rings (SSSR count). The number of amides is 1. The molecule has 30 heavy (non-hydrogen) atoms. The van der Waals surface area contributed by atoms with E-state index in [1.165, 1.54) is 0 Å². The van der Waals surface area contributed by atoms with Gasteiger partial charge in [-0.15, -0.1) is 0 Å². The Kier molecular flexibility index (Phi) is 6.18. The highest BCUT2D eigenvalue weighted by Crippen LogP contribution is 2.32. The van der Waals surface area contributed by atoms with Crippen LogP contribution in [0.1, 0.15) is 34.3 Å². The van der Waals surface area contributed by atoms with E-state index in [2.05, 4.69) is 15.6 Å². The summed E-state index contributed by atoms with van der Waals surface area (Å²) in [5.41, 5.74) is 3.56. The van der Waals surface area contributed by atoms with Crippen LogP contribution in [0.3, 0.4) is 0 Å². The average molecular weight is 409 g/mol. The standard InChI is InChI=1S/C23H27N3O4/c1-15-5-6-17(12-16(15)2)22(27)26-23(24-14-19-4-3-9-28-19)25-18-7-8-20-21(13-18)30-11-10-29-20/h5-8,12-13,19H,3-4,9-11,14H2,1-2H3,(H2,24,25,26,27). The van der Waals surface area contributed by atoms with Crippen LogP contribution in [-0.2, 0) is 4.74 Å². The number of carbonyl (C=O) groups is 1. The van der Waals surface area contributed by atoms with Gasteiger partial charge in [-0.25, -0.2) is 4.99 Å². The Hall–Kier alpha value is -3.06. The number of nitrogens with one attached hydrogen (secondary N) is 2. The first-order valence-corrected chi connectivity index (χ1v) is 10.3. The van der Waals surface area contributed by atoms with Gasteiger partial charge in [0.15, 0.2) is 11.5 Å². The lowest BCUT2D eigenvalue weighted by molar-refractivity contribution is 0.0975. The van der Waals surface area contributed by atoms with Crippen LogP contribution >= 0.6 is 0 Å². The number of hydrogen-bond acceptors (Lipinski definition) is 5. The molecule has 7 heteroatoms. The van der Waals surface area contributed by atoms with Gasteiger partial charge in [0.2, 0.25) is 5.96 Å². The van der Waals surface area contributed by atoms with E-state index in [0.717, 1.165) is 36.3 Å². The lowest BCUT2D eigenvalue weighted by Gasteiger charge is -2.20. The Balaban J connectivity index is 1.52. The van der Waals surface area contributed by atoms with Crippen molar-refractivity contribution in [1.82, 2.24) is 5.32 Å². The van der Waals surface area contributed by atoms with Crippen LogP contribution < -0.4 is 20.1 Å². The average Bonchev–Trinajstić information content (AvgIpc) is 3.27. The van der Waals surface area contributed by atoms with Crippen LogP contribution in [0.15, 0.2) is 41.4 Å². The lowest BCUT2D eigenvalue weighted by atomic mass is 10.1. The molecule has 1 unspecified atom stereocenters. The summed E-state index contributed by atoms with van der Waals surface area (Å²) >= 11 is 0. The van der Waals surface area contributed by atoms with Gasteiger partial charge in [-0.3, -0.25) is 10.1 Å². The fraction of sp³-hybridized carbons (Fsp3) is 0.391. The van der Waals surface area contributed by atoms with Gasteiger partial charge in [0, 0.05) is 23.9 Å². The van der Waals surface area contributed by atoms with Crippen molar-refractivity contribution in [2.24, 2.45) is 4.99 Å². The maximum absolute atomic E-state index is 12.8. The van der Waals surface area contributed by atoms with Gasteiger partial charge in [0.25, 0.3) is 5.91 Å². The summed E-state index contributed by atoms with van der Waals surface area (Å²) in [6, 6.07) is 11.2. The molecular formula is C23H27N3O4. The Labute approximate surface area is 176 Å². The summed E-state index contributed by atoms with van der Waals surface area (Å²) in [6.45, 7) is 6.32. The van der Waals surface area contributed by atoms with Gasteiger partial charge in [-0.05, 0) is 62.1 Å². The second-order valence-electron chi connectivity index (χ2n) is 7.56. The fourth-order valence-electron chi connectivity index (χ4n) is 3.41. The molecule has 2 aliphatic rings. The molecule has 2 N–H and O–H groups in total. The summed E-state index contributed by atoms with van der Waals surface area (Å²) in [6.07, 6.45) is 2.10. The van der Waals surface area contributed by atoms with Crippen molar-refractivity contribution < 1.29 is 19.0 Å². The van der Waals surface area contributed by atoms with E-state index in [-0.39, 0.29) is 12.0 Å².